The van der Waals surface area contributed by atoms with Crippen LogP contribution in [-0.4, -0.2) is 10.1 Å². The second-order valence-corrected chi connectivity index (χ2v) is 4.48. The molecular formula is C15H14N4O2. The van der Waals surface area contributed by atoms with Crippen molar-refractivity contribution in [2.75, 3.05) is 0 Å². The molecule has 21 heavy (non-hydrogen) atoms. The molecule has 1 heterocycles. The Bertz CT molecular complexity index is 783. The summed E-state index contributed by atoms with van der Waals surface area (Å²) >= 11 is 0. The molecule has 0 amide bonds. The zero-order valence-corrected chi connectivity index (χ0v) is 11.7. The summed E-state index contributed by atoms with van der Waals surface area (Å²) in [6.45, 7) is 3.60. The number of hydrogen-bond donors (Lipinski definition) is 2. The average Bonchev–Trinajstić information content (AvgIpc) is 2.47. The highest BCUT2D eigenvalue weighted by Gasteiger charge is 2.13. The van der Waals surface area contributed by atoms with E-state index in [0.717, 1.165) is 6.42 Å². The number of hydrogen-bond acceptors (Lipinski definition) is 5. The number of aromatic nitrogens is 1. The van der Waals surface area contributed by atoms with E-state index in [-0.39, 0.29) is 11.3 Å². The number of H-pyrrole nitrogens is 1. The van der Waals surface area contributed by atoms with Crippen LogP contribution in [0.15, 0.2) is 39.3 Å². The first-order chi connectivity index (χ1) is 10.1. The summed E-state index contributed by atoms with van der Waals surface area (Å²) in [6, 6.07) is 9.30. The molecule has 0 bridgehead atoms. The molecule has 0 spiro atoms. The molecule has 0 saturated carbocycles. The standard InChI is InChI=1S/C15H14N4O2/c1-3-10-4-6-11(7-5-10)18-19-13-9(2)12(8-16)14(20)17-15(13)21/h4-7H,3H2,1-2H3,(H2,17,20,21). The SMILES string of the molecule is CCc1ccc(N=Nc2c(C)c(C#N)c(O)[nH]c2=O)cc1. The Kier molecular flexibility index (Phi) is 4.14. The normalized spacial score (nSPS) is 10.7. The van der Waals surface area contributed by atoms with E-state index >= 15 is 0 Å². The van der Waals surface area contributed by atoms with Crippen LogP contribution in [0.4, 0.5) is 11.4 Å². The molecule has 1 aromatic carbocycles. The monoisotopic (exact) mass is 282 g/mol. The maximum absolute atomic E-state index is 11.8. The summed E-state index contributed by atoms with van der Waals surface area (Å²) in [7, 11) is 0. The molecule has 0 unspecified atom stereocenters. The summed E-state index contributed by atoms with van der Waals surface area (Å²) in [6.07, 6.45) is 0.930. The molecule has 0 radical (unpaired) electrons. The highest BCUT2D eigenvalue weighted by atomic mass is 16.3. The first-order valence-electron chi connectivity index (χ1n) is 6.43. The third-order valence-electron chi connectivity index (χ3n) is 3.14. The van der Waals surface area contributed by atoms with Gasteiger partial charge < -0.3 is 5.11 Å². The van der Waals surface area contributed by atoms with Crippen molar-refractivity contribution in [1.82, 2.24) is 4.98 Å². The topological polar surface area (TPSA) is 102 Å². The Morgan fingerprint density at radius 1 is 1.29 bits per heavy atom. The molecule has 2 N–H and O–H groups in total. The first kappa shape index (κ1) is 14.5. The number of nitrogens with one attached hydrogen (secondary N) is 1. The van der Waals surface area contributed by atoms with Gasteiger partial charge in [-0.1, -0.05) is 19.1 Å². The number of aromatic amines is 1. The molecule has 0 saturated heterocycles. The van der Waals surface area contributed by atoms with Crippen LogP contribution < -0.4 is 5.56 Å². The molecule has 2 aromatic rings. The molecule has 0 aliphatic rings. The van der Waals surface area contributed by atoms with Crippen molar-refractivity contribution in [3.05, 3.63) is 51.3 Å². The van der Waals surface area contributed by atoms with Crippen LogP contribution >= 0.6 is 0 Å². The van der Waals surface area contributed by atoms with E-state index in [1.807, 2.05) is 18.2 Å². The van der Waals surface area contributed by atoms with Gasteiger partial charge >= 0.3 is 0 Å². The lowest BCUT2D eigenvalue weighted by molar-refractivity contribution is 0.449. The van der Waals surface area contributed by atoms with Gasteiger partial charge in [0.2, 0.25) is 5.88 Å². The first-order valence-corrected chi connectivity index (χ1v) is 6.43. The number of benzene rings is 1. The van der Waals surface area contributed by atoms with Crippen molar-refractivity contribution in [3.63, 3.8) is 0 Å². The molecule has 106 valence electrons. The number of aryl methyl sites for hydroxylation is 1. The molecule has 0 atom stereocenters. The predicted octanol–water partition coefficient (Wildman–Crippen LogP) is 3.24. The number of pyridine rings is 1. The zero-order valence-electron chi connectivity index (χ0n) is 11.7. The van der Waals surface area contributed by atoms with Gasteiger partial charge in [-0.15, -0.1) is 5.11 Å². The fourth-order valence-corrected chi connectivity index (χ4v) is 1.86. The molecular weight excluding hydrogens is 268 g/mol. The van der Waals surface area contributed by atoms with Gasteiger partial charge in [-0.3, -0.25) is 9.78 Å². The van der Waals surface area contributed by atoms with E-state index in [0.29, 0.717) is 11.3 Å². The van der Waals surface area contributed by atoms with E-state index < -0.39 is 11.4 Å². The number of nitrogens with zero attached hydrogens (tertiary/aromatic N) is 3. The second kappa shape index (κ2) is 6.01. The van der Waals surface area contributed by atoms with Crippen LogP contribution in [0.3, 0.4) is 0 Å². The number of aromatic hydroxyl groups is 1. The van der Waals surface area contributed by atoms with Crippen LogP contribution in [0.25, 0.3) is 0 Å². The third-order valence-corrected chi connectivity index (χ3v) is 3.14. The Morgan fingerprint density at radius 3 is 2.52 bits per heavy atom. The van der Waals surface area contributed by atoms with E-state index in [4.69, 9.17) is 5.26 Å². The Morgan fingerprint density at radius 2 is 1.95 bits per heavy atom. The van der Waals surface area contributed by atoms with E-state index in [1.54, 1.807) is 19.1 Å². The summed E-state index contributed by atoms with van der Waals surface area (Å²) in [5.41, 5.74) is 1.51. The lowest BCUT2D eigenvalue weighted by atomic mass is 10.1. The molecule has 1 aromatic heterocycles. The Hall–Kier alpha value is -2.94. The van der Waals surface area contributed by atoms with Gasteiger partial charge in [0.05, 0.1) is 5.69 Å². The highest BCUT2D eigenvalue weighted by Crippen LogP contribution is 2.24. The Labute approximate surface area is 121 Å². The number of nitriles is 1. The van der Waals surface area contributed by atoms with E-state index in [9.17, 15) is 9.90 Å². The van der Waals surface area contributed by atoms with Gasteiger partial charge in [-0.05, 0) is 31.0 Å². The predicted molar refractivity (Wildman–Crippen MR) is 78.2 cm³/mol. The lowest BCUT2D eigenvalue weighted by Gasteiger charge is -2.02. The van der Waals surface area contributed by atoms with Crippen LogP contribution in [-0.2, 0) is 6.42 Å². The van der Waals surface area contributed by atoms with Crippen molar-refractivity contribution >= 4 is 11.4 Å². The van der Waals surface area contributed by atoms with Crippen molar-refractivity contribution in [2.45, 2.75) is 20.3 Å². The second-order valence-electron chi connectivity index (χ2n) is 4.48. The maximum Gasteiger partial charge on any atom is 0.278 e. The maximum atomic E-state index is 11.8. The molecule has 6 heteroatoms. The summed E-state index contributed by atoms with van der Waals surface area (Å²) in [5, 5.41) is 26.3. The van der Waals surface area contributed by atoms with Gasteiger partial charge in [0.25, 0.3) is 5.56 Å². The fraction of sp³-hybridized carbons (Fsp3) is 0.200. The van der Waals surface area contributed by atoms with Crippen molar-refractivity contribution in [1.29, 1.82) is 5.26 Å². The van der Waals surface area contributed by atoms with Gasteiger partial charge in [0.1, 0.15) is 11.6 Å². The molecule has 2 rings (SSSR count). The van der Waals surface area contributed by atoms with Crippen molar-refractivity contribution in [3.8, 4) is 11.9 Å². The summed E-state index contributed by atoms with van der Waals surface area (Å²) in [5.74, 6) is -0.453. The lowest BCUT2D eigenvalue weighted by Crippen LogP contribution is -2.08. The van der Waals surface area contributed by atoms with Crippen LogP contribution in [0.2, 0.25) is 0 Å². The molecule has 0 fully saturated rings. The van der Waals surface area contributed by atoms with E-state index in [2.05, 4.69) is 22.1 Å². The van der Waals surface area contributed by atoms with Gasteiger partial charge in [0, 0.05) is 5.56 Å². The van der Waals surface area contributed by atoms with Crippen molar-refractivity contribution in [2.24, 2.45) is 10.2 Å². The summed E-state index contributed by atoms with van der Waals surface area (Å²) < 4.78 is 0. The Balaban J connectivity index is 2.41. The van der Waals surface area contributed by atoms with Crippen LogP contribution in [0.1, 0.15) is 23.6 Å². The minimum atomic E-state index is -0.585. The quantitative estimate of drug-likeness (QED) is 0.845. The molecule has 0 aliphatic heterocycles. The summed E-state index contributed by atoms with van der Waals surface area (Å²) in [4.78, 5) is 13.9. The van der Waals surface area contributed by atoms with E-state index in [1.165, 1.54) is 5.56 Å². The minimum Gasteiger partial charge on any atom is -0.494 e. The van der Waals surface area contributed by atoms with Gasteiger partial charge in [0.15, 0.2) is 5.69 Å². The van der Waals surface area contributed by atoms with Gasteiger partial charge in [-0.2, -0.15) is 10.4 Å². The van der Waals surface area contributed by atoms with Crippen LogP contribution in [0, 0.1) is 18.3 Å². The number of azo groups is 1. The average molecular weight is 282 g/mol. The number of rotatable bonds is 3. The van der Waals surface area contributed by atoms with Gasteiger partial charge in [-0.25, -0.2) is 0 Å². The van der Waals surface area contributed by atoms with Crippen molar-refractivity contribution < 1.29 is 5.11 Å². The molecule has 0 aliphatic carbocycles. The largest absolute Gasteiger partial charge is 0.494 e. The zero-order chi connectivity index (χ0) is 15.4. The highest BCUT2D eigenvalue weighted by molar-refractivity contribution is 5.56. The smallest absolute Gasteiger partial charge is 0.278 e. The molecule has 6 nitrogen and oxygen atoms in total. The van der Waals surface area contributed by atoms with Crippen LogP contribution in [0.5, 0.6) is 5.88 Å². The third kappa shape index (κ3) is 2.98. The fourth-order valence-electron chi connectivity index (χ4n) is 1.86. The minimum absolute atomic E-state index is 0.00937.